The van der Waals surface area contributed by atoms with E-state index in [0.29, 0.717) is 22.7 Å². The summed E-state index contributed by atoms with van der Waals surface area (Å²) in [5.74, 6) is 0.584. The van der Waals surface area contributed by atoms with Gasteiger partial charge in [0.2, 0.25) is 0 Å². The molecule has 0 aliphatic carbocycles. The Labute approximate surface area is 133 Å². The van der Waals surface area contributed by atoms with Crippen molar-refractivity contribution in [2.75, 3.05) is 19.0 Å². The molecule has 7 nitrogen and oxygen atoms in total. The third kappa shape index (κ3) is 4.19. The Kier molecular flexibility index (Phi) is 5.14. The van der Waals surface area contributed by atoms with Gasteiger partial charge in [-0.25, -0.2) is 0 Å². The topological polar surface area (TPSA) is 90.7 Å². The van der Waals surface area contributed by atoms with E-state index in [1.165, 1.54) is 25.3 Å². The number of nitro groups is 1. The number of nitrogens with one attached hydrogen (secondary N) is 1. The minimum absolute atomic E-state index is 0.0100. The number of para-hydroxylation sites is 2. The molecular formula is C16H16N2O5. The molecule has 1 amide bonds. The number of nitrogens with zero attached hydrogens (tertiary/aromatic N) is 1. The first-order chi connectivity index (χ1) is 11.0. The maximum absolute atomic E-state index is 11.9. The molecule has 0 bridgehead atoms. The zero-order valence-electron chi connectivity index (χ0n) is 12.7. The predicted octanol–water partition coefficient (Wildman–Crippen LogP) is 2.93. The number of ether oxygens (including phenoxy) is 2. The minimum Gasteiger partial charge on any atom is -0.495 e. The van der Waals surface area contributed by atoms with Crippen LogP contribution in [0.3, 0.4) is 0 Å². The molecule has 2 aromatic carbocycles. The summed E-state index contributed by atoms with van der Waals surface area (Å²) in [6, 6.07) is 11.4. The van der Waals surface area contributed by atoms with E-state index in [4.69, 9.17) is 9.47 Å². The number of amides is 1. The van der Waals surface area contributed by atoms with Gasteiger partial charge in [0, 0.05) is 11.6 Å². The monoisotopic (exact) mass is 316 g/mol. The number of nitro benzene ring substituents is 1. The molecule has 2 rings (SSSR count). The number of hydrogen-bond donors (Lipinski definition) is 1. The van der Waals surface area contributed by atoms with Gasteiger partial charge in [0.1, 0.15) is 11.5 Å². The largest absolute Gasteiger partial charge is 0.495 e. The summed E-state index contributed by atoms with van der Waals surface area (Å²) >= 11 is 0. The highest BCUT2D eigenvalue weighted by Crippen LogP contribution is 2.24. The zero-order chi connectivity index (χ0) is 16.8. The summed E-state index contributed by atoms with van der Waals surface area (Å²) in [6.45, 7) is 1.40. The van der Waals surface area contributed by atoms with Crippen LogP contribution in [-0.2, 0) is 4.79 Å². The molecule has 23 heavy (non-hydrogen) atoms. The van der Waals surface area contributed by atoms with Gasteiger partial charge in [0.25, 0.3) is 11.6 Å². The van der Waals surface area contributed by atoms with Crippen LogP contribution in [0.4, 0.5) is 11.4 Å². The van der Waals surface area contributed by atoms with Crippen molar-refractivity contribution in [3.8, 4) is 11.5 Å². The Morgan fingerprint density at radius 1 is 1.26 bits per heavy atom. The number of rotatable bonds is 6. The number of carbonyl (C=O) groups excluding carboxylic acids is 1. The molecule has 0 radical (unpaired) electrons. The lowest BCUT2D eigenvalue weighted by molar-refractivity contribution is -0.385. The van der Waals surface area contributed by atoms with E-state index in [2.05, 4.69) is 5.32 Å². The lowest BCUT2D eigenvalue weighted by Crippen LogP contribution is -2.20. The number of benzene rings is 2. The molecule has 0 fully saturated rings. The van der Waals surface area contributed by atoms with Gasteiger partial charge in [-0.05, 0) is 31.2 Å². The highest BCUT2D eigenvalue weighted by atomic mass is 16.6. The number of aryl methyl sites for hydroxylation is 1. The molecule has 0 saturated carbocycles. The van der Waals surface area contributed by atoms with Gasteiger partial charge >= 0.3 is 0 Å². The Hall–Kier alpha value is -3.09. The van der Waals surface area contributed by atoms with Crippen LogP contribution in [-0.4, -0.2) is 24.5 Å². The highest BCUT2D eigenvalue weighted by molar-refractivity contribution is 5.93. The van der Waals surface area contributed by atoms with E-state index < -0.39 is 4.92 Å². The summed E-state index contributed by atoms with van der Waals surface area (Å²) in [4.78, 5) is 22.2. The summed E-state index contributed by atoms with van der Waals surface area (Å²) in [6.07, 6.45) is 0. The molecule has 0 aromatic heterocycles. The van der Waals surface area contributed by atoms with Crippen molar-refractivity contribution in [3.05, 3.63) is 58.1 Å². The van der Waals surface area contributed by atoms with Gasteiger partial charge in [-0.15, -0.1) is 0 Å². The van der Waals surface area contributed by atoms with Crippen molar-refractivity contribution in [1.29, 1.82) is 0 Å². The molecule has 0 spiro atoms. The molecule has 2 aromatic rings. The second-order valence-corrected chi connectivity index (χ2v) is 4.74. The van der Waals surface area contributed by atoms with Gasteiger partial charge in [-0.2, -0.15) is 0 Å². The third-order valence-electron chi connectivity index (χ3n) is 3.12. The Morgan fingerprint density at radius 3 is 2.65 bits per heavy atom. The van der Waals surface area contributed by atoms with E-state index in [9.17, 15) is 14.9 Å². The fourth-order valence-corrected chi connectivity index (χ4v) is 2.01. The van der Waals surface area contributed by atoms with Crippen LogP contribution in [0.5, 0.6) is 11.5 Å². The van der Waals surface area contributed by atoms with Crippen LogP contribution in [0.25, 0.3) is 0 Å². The second-order valence-electron chi connectivity index (χ2n) is 4.74. The number of methoxy groups -OCH3 is 1. The third-order valence-corrected chi connectivity index (χ3v) is 3.12. The summed E-state index contributed by atoms with van der Waals surface area (Å²) in [7, 11) is 1.52. The lowest BCUT2D eigenvalue weighted by atomic mass is 10.2. The Bertz CT molecular complexity index is 730. The highest BCUT2D eigenvalue weighted by Gasteiger charge is 2.12. The normalized spacial score (nSPS) is 10.0. The van der Waals surface area contributed by atoms with E-state index >= 15 is 0 Å². The minimum atomic E-state index is -0.465. The quantitative estimate of drug-likeness (QED) is 0.653. The fourth-order valence-electron chi connectivity index (χ4n) is 2.01. The van der Waals surface area contributed by atoms with Gasteiger partial charge in [-0.3, -0.25) is 14.9 Å². The summed E-state index contributed by atoms with van der Waals surface area (Å²) in [5.41, 5.74) is 1.02. The molecule has 0 atom stereocenters. The molecule has 0 unspecified atom stereocenters. The van der Waals surface area contributed by atoms with E-state index in [1.807, 2.05) is 0 Å². The lowest BCUT2D eigenvalue weighted by Gasteiger charge is -2.11. The molecule has 0 heterocycles. The van der Waals surface area contributed by atoms with Gasteiger partial charge in [0.15, 0.2) is 6.61 Å². The first-order valence-electron chi connectivity index (χ1n) is 6.82. The average Bonchev–Trinajstić information content (AvgIpc) is 2.53. The summed E-state index contributed by atoms with van der Waals surface area (Å²) in [5, 5.41) is 13.4. The van der Waals surface area contributed by atoms with Crippen molar-refractivity contribution in [2.24, 2.45) is 0 Å². The van der Waals surface area contributed by atoms with Crippen LogP contribution in [0.2, 0.25) is 0 Å². The van der Waals surface area contributed by atoms with E-state index in [-0.39, 0.29) is 18.2 Å². The predicted molar refractivity (Wildman–Crippen MR) is 85.0 cm³/mol. The fraction of sp³-hybridized carbons (Fsp3) is 0.188. The van der Waals surface area contributed by atoms with Gasteiger partial charge in [-0.1, -0.05) is 12.1 Å². The van der Waals surface area contributed by atoms with Crippen molar-refractivity contribution in [2.45, 2.75) is 6.92 Å². The van der Waals surface area contributed by atoms with Crippen LogP contribution in [0.1, 0.15) is 5.56 Å². The SMILES string of the molecule is COc1ccccc1NC(=O)COc1ccc([N+](=O)[O-])c(C)c1. The second kappa shape index (κ2) is 7.26. The number of hydrogen-bond acceptors (Lipinski definition) is 5. The summed E-state index contributed by atoms with van der Waals surface area (Å²) < 4.78 is 10.5. The van der Waals surface area contributed by atoms with Crippen molar-refractivity contribution in [3.63, 3.8) is 0 Å². The van der Waals surface area contributed by atoms with E-state index in [1.54, 1.807) is 31.2 Å². The maximum atomic E-state index is 11.9. The Balaban J connectivity index is 1.97. The van der Waals surface area contributed by atoms with E-state index in [0.717, 1.165) is 0 Å². The van der Waals surface area contributed by atoms with Gasteiger partial charge in [0.05, 0.1) is 17.7 Å². The molecule has 0 aliphatic rings. The molecule has 0 aliphatic heterocycles. The molecule has 0 saturated heterocycles. The van der Waals surface area contributed by atoms with Crippen LogP contribution in [0.15, 0.2) is 42.5 Å². The molecule has 1 N–H and O–H groups in total. The van der Waals surface area contributed by atoms with Gasteiger partial charge < -0.3 is 14.8 Å². The molecule has 7 heteroatoms. The van der Waals surface area contributed by atoms with Crippen molar-refractivity contribution in [1.82, 2.24) is 0 Å². The standard InChI is InChI=1S/C16H16N2O5/c1-11-9-12(7-8-14(11)18(20)21)23-10-16(19)17-13-5-3-4-6-15(13)22-2/h3-9H,10H2,1-2H3,(H,17,19). The first-order valence-corrected chi connectivity index (χ1v) is 6.82. The van der Waals surface area contributed by atoms with Crippen LogP contribution in [0, 0.1) is 17.0 Å². The van der Waals surface area contributed by atoms with Crippen LogP contribution >= 0.6 is 0 Å². The maximum Gasteiger partial charge on any atom is 0.272 e. The number of anilines is 1. The number of carbonyl (C=O) groups is 1. The molecule has 120 valence electrons. The van der Waals surface area contributed by atoms with Crippen LogP contribution < -0.4 is 14.8 Å². The van der Waals surface area contributed by atoms with Crippen molar-refractivity contribution < 1.29 is 19.2 Å². The smallest absolute Gasteiger partial charge is 0.272 e. The van der Waals surface area contributed by atoms with Crippen molar-refractivity contribution >= 4 is 17.3 Å². The Morgan fingerprint density at radius 2 is 2.00 bits per heavy atom. The first kappa shape index (κ1) is 16.3. The zero-order valence-corrected chi connectivity index (χ0v) is 12.7. The molecular weight excluding hydrogens is 300 g/mol. The average molecular weight is 316 g/mol.